The van der Waals surface area contributed by atoms with Gasteiger partial charge in [0.2, 0.25) is 12.4 Å². The zero-order chi connectivity index (χ0) is 18.8. The number of anilines is 3. The van der Waals surface area contributed by atoms with Crippen LogP contribution in [0.3, 0.4) is 0 Å². The van der Waals surface area contributed by atoms with Gasteiger partial charge in [-0.25, -0.2) is 4.39 Å². The summed E-state index contributed by atoms with van der Waals surface area (Å²) in [5.74, 6) is 0.542. The molecule has 2 fully saturated rings. The molecule has 1 aromatic rings. The minimum Gasteiger partial charge on any atom is -0.369 e. The average Bonchev–Trinajstić information content (AvgIpc) is 3.31. The van der Waals surface area contributed by atoms with Gasteiger partial charge in [0.1, 0.15) is 18.1 Å². The third-order valence-corrected chi connectivity index (χ3v) is 4.91. The average molecular weight is 367 g/mol. The minimum atomic E-state index is -1.16. The van der Waals surface area contributed by atoms with Gasteiger partial charge >= 0.3 is 0 Å². The topological polar surface area (TPSA) is 105 Å². The fourth-order valence-electron chi connectivity index (χ4n) is 3.43. The predicted octanol–water partition coefficient (Wildman–Crippen LogP) is 1.41. The molecule has 1 aromatic heterocycles. The summed E-state index contributed by atoms with van der Waals surface area (Å²) in [7, 11) is 1.78. The summed E-state index contributed by atoms with van der Waals surface area (Å²) in [6.07, 6.45) is 1.64. The first-order chi connectivity index (χ1) is 12.4. The van der Waals surface area contributed by atoms with Gasteiger partial charge in [0.05, 0.1) is 6.10 Å². The van der Waals surface area contributed by atoms with Crippen molar-refractivity contribution in [1.82, 2.24) is 9.97 Å². The second-order valence-electron chi connectivity index (χ2n) is 7.13. The minimum absolute atomic E-state index is 0.0452. The van der Waals surface area contributed by atoms with E-state index in [1.165, 1.54) is 4.90 Å². The van der Waals surface area contributed by atoms with Gasteiger partial charge in [-0.2, -0.15) is 4.98 Å². The lowest BCUT2D eigenvalue weighted by Crippen LogP contribution is -2.39. The maximum Gasteiger partial charge on any atom is 0.278 e. The second kappa shape index (κ2) is 7.61. The van der Waals surface area contributed by atoms with Crippen LogP contribution in [0.5, 0.6) is 0 Å². The van der Waals surface area contributed by atoms with E-state index in [9.17, 15) is 14.0 Å². The van der Waals surface area contributed by atoms with Crippen molar-refractivity contribution in [3.05, 3.63) is 10.4 Å². The number of H-pyrrole nitrogens is 1. The summed E-state index contributed by atoms with van der Waals surface area (Å²) in [6.45, 7) is 2.63. The molecule has 0 bridgehead atoms. The Hall–Kier alpha value is -2.16. The molecular weight excluding hydrogens is 341 g/mol. The van der Waals surface area contributed by atoms with E-state index < -0.39 is 24.1 Å². The summed E-state index contributed by atoms with van der Waals surface area (Å²) in [4.78, 5) is 33.9. The molecule has 0 radical (unpaired) electrons. The third-order valence-electron chi connectivity index (χ3n) is 4.91. The van der Waals surface area contributed by atoms with E-state index >= 15 is 0 Å². The Morgan fingerprint density at radius 3 is 2.81 bits per heavy atom. The Balaban J connectivity index is 1.92. The molecule has 3 N–H and O–H groups in total. The Labute approximate surface area is 151 Å². The number of hydrogen-bond acceptors (Lipinski definition) is 6. The lowest BCUT2D eigenvalue weighted by Gasteiger charge is -2.28. The lowest BCUT2D eigenvalue weighted by atomic mass is 10.1. The van der Waals surface area contributed by atoms with Gasteiger partial charge < -0.3 is 15.4 Å². The smallest absolute Gasteiger partial charge is 0.278 e. The Morgan fingerprint density at radius 2 is 2.19 bits per heavy atom. The first-order valence-electron chi connectivity index (χ1n) is 9.08. The molecule has 3 unspecified atom stereocenters. The summed E-state index contributed by atoms with van der Waals surface area (Å²) in [5.41, 5.74) is 5.51. The predicted molar refractivity (Wildman–Crippen MR) is 96.9 cm³/mol. The quantitative estimate of drug-likeness (QED) is 0.673. The summed E-state index contributed by atoms with van der Waals surface area (Å²) >= 11 is 0. The standard InChI is InChI=1S/C17H26FN5O3/c1-3-4-12-11(18)7-13(26-12)23(9-24)15-14(16(25)21-17(19)20-15)22(2)8-10-5-6-10/h9-13H,3-8H2,1-2H3,(H3,19,20,21,25). The van der Waals surface area contributed by atoms with Crippen molar-refractivity contribution in [1.29, 1.82) is 0 Å². The van der Waals surface area contributed by atoms with Gasteiger partial charge in [0.25, 0.3) is 5.56 Å². The van der Waals surface area contributed by atoms with Crippen molar-refractivity contribution in [2.75, 3.05) is 29.1 Å². The molecule has 144 valence electrons. The van der Waals surface area contributed by atoms with Gasteiger partial charge in [0.15, 0.2) is 5.82 Å². The van der Waals surface area contributed by atoms with Crippen molar-refractivity contribution >= 4 is 23.9 Å². The molecule has 8 nitrogen and oxygen atoms in total. The first kappa shape index (κ1) is 18.6. The number of nitrogens with zero attached hydrogens (tertiary/aromatic N) is 3. The van der Waals surface area contributed by atoms with Crippen LogP contribution in [0.4, 0.5) is 21.8 Å². The van der Waals surface area contributed by atoms with Crippen LogP contribution in [-0.2, 0) is 9.53 Å². The van der Waals surface area contributed by atoms with Crippen molar-refractivity contribution in [3.8, 4) is 0 Å². The Kier molecular flexibility index (Phi) is 5.45. The highest BCUT2D eigenvalue weighted by Gasteiger charge is 2.40. The van der Waals surface area contributed by atoms with Crippen LogP contribution in [-0.4, -0.2) is 48.5 Å². The number of nitrogen functional groups attached to an aromatic ring is 1. The number of ether oxygens (including phenoxy) is 1. The Bertz CT molecular complexity index is 708. The third kappa shape index (κ3) is 3.82. The molecule has 26 heavy (non-hydrogen) atoms. The van der Waals surface area contributed by atoms with Crippen molar-refractivity contribution in [2.24, 2.45) is 5.92 Å². The number of amides is 1. The van der Waals surface area contributed by atoms with Crippen LogP contribution < -0.4 is 21.1 Å². The molecule has 0 aromatic carbocycles. The highest BCUT2D eigenvalue weighted by molar-refractivity contribution is 5.81. The number of carbonyl (C=O) groups excluding carboxylic acids is 1. The molecule has 1 saturated heterocycles. The molecule has 1 saturated carbocycles. The number of nitrogens with one attached hydrogen (secondary N) is 1. The molecule has 1 aliphatic carbocycles. The van der Waals surface area contributed by atoms with Crippen molar-refractivity contribution < 1.29 is 13.9 Å². The van der Waals surface area contributed by atoms with E-state index in [1.54, 1.807) is 11.9 Å². The molecule has 3 atom stereocenters. The highest BCUT2D eigenvalue weighted by atomic mass is 19.1. The number of carbonyl (C=O) groups is 1. The van der Waals surface area contributed by atoms with E-state index in [0.717, 1.165) is 19.3 Å². The van der Waals surface area contributed by atoms with E-state index in [-0.39, 0.29) is 23.9 Å². The van der Waals surface area contributed by atoms with Crippen LogP contribution in [0.15, 0.2) is 4.79 Å². The molecule has 3 rings (SSSR count). The zero-order valence-electron chi connectivity index (χ0n) is 15.2. The number of nitrogens with two attached hydrogens (primary N) is 1. The monoisotopic (exact) mass is 367 g/mol. The zero-order valence-corrected chi connectivity index (χ0v) is 15.2. The van der Waals surface area contributed by atoms with Crippen molar-refractivity contribution in [3.63, 3.8) is 0 Å². The number of rotatable bonds is 8. The molecule has 9 heteroatoms. The number of aromatic amines is 1. The van der Waals surface area contributed by atoms with Crippen LogP contribution in [0.25, 0.3) is 0 Å². The van der Waals surface area contributed by atoms with Gasteiger partial charge in [-0.05, 0) is 25.2 Å². The van der Waals surface area contributed by atoms with Crippen LogP contribution >= 0.6 is 0 Å². The second-order valence-corrected chi connectivity index (χ2v) is 7.13. The van der Waals surface area contributed by atoms with Gasteiger partial charge in [-0.3, -0.25) is 19.5 Å². The van der Waals surface area contributed by atoms with Gasteiger partial charge in [-0.1, -0.05) is 13.3 Å². The number of aromatic nitrogens is 2. The molecular formula is C17H26FN5O3. The fraction of sp³-hybridized carbons (Fsp3) is 0.706. The number of alkyl halides is 1. The maximum absolute atomic E-state index is 14.2. The van der Waals surface area contributed by atoms with Crippen molar-refractivity contribution in [2.45, 2.75) is 57.5 Å². The van der Waals surface area contributed by atoms with Crippen LogP contribution in [0, 0.1) is 5.92 Å². The highest BCUT2D eigenvalue weighted by Crippen LogP contribution is 2.35. The first-order valence-corrected chi connectivity index (χ1v) is 9.08. The lowest BCUT2D eigenvalue weighted by molar-refractivity contribution is -0.110. The van der Waals surface area contributed by atoms with E-state index in [4.69, 9.17) is 10.5 Å². The summed E-state index contributed by atoms with van der Waals surface area (Å²) in [5, 5.41) is 0. The van der Waals surface area contributed by atoms with Gasteiger partial charge in [0, 0.05) is 20.0 Å². The Morgan fingerprint density at radius 1 is 1.46 bits per heavy atom. The van der Waals surface area contributed by atoms with E-state index in [0.29, 0.717) is 25.3 Å². The fourth-order valence-corrected chi connectivity index (χ4v) is 3.43. The SMILES string of the molecule is CCCC1OC(N(C=O)c2nc(N)[nH]c(=O)c2N(C)CC2CC2)CC1F. The molecule has 0 spiro atoms. The van der Waals surface area contributed by atoms with E-state index in [1.807, 2.05) is 6.92 Å². The summed E-state index contributed by atoms with van der Waals surface area (Å²) < 4.78 is 20.0. The number of hydrogen-bond donors (Lipinski definition) is 2. The van der Waals surface area contributed by atoms with Crippen LogP contribution in [0.2, 0.25) is 0 Å². The maximum atomic E-state index is 14.2. The van der Waals surface area contributed by atoms with Gasteiger partial charge in [-0.15, -0.1) is 0 Å². The molecule has 1 amide bonds. The van der Waals surface area contributed by atoms with E-state index in [2.05, 4.69) is 9.97 Å². The normalized spacial score (nSPS) is 25.3. The summed E-state index contributed by atoms with van der Waals surface area (Å²) in [6, 6.07) is 0. The largest absolute Gasteiger partial charge is 0.369 e. The number of halogens is 1. The van der Waals surface area contributed by atoms with Crippen LogP contribution in [0.1, 0.15) is 39.0 Å². The molecule has 2 heterocycles. The molecule has 2 aliphatic rings. The molecule has 1 aliphatic heterocycles.